The van der Waals surface area contributed by atoms with Crippen molar-refractivity contribution < 1.29 is 22.7 Å². The Bertz CT molecular complexity index is 918. The van der Waals surface area contributed by atoms with E-state index >= 15 is 0 Å². The number of amides is 1. The standard InChI is InChI=1S/C17H12F3N3O2S2/c18-17(19,20)11-4-3-5-12(8-11)25-9-15(24)22-13-6-1-2-7-14(13)27-16-23-21-10-26-16/h1-8,10H,9H2,(H,22,24). The van der Waals surface area contributed by atoms with Crippen LogP contribution >= 0.6 is 23.1 Å². The summed E-state index contributed by atoms with van der Waals surface area (Å²) in [4.78, 5) is 12.9. The van der Waals surface area contributed by atoms with Gasteiger partial charge in [0.1, 0.15) is 11.3 Å². The Morgan fingerprint density at radius 1 is 1.19 bits per heavy atom. The van der Waals surface area contributed by atoms with Gasteiger partial charge in [0.15, 0.2) is 10.9 Å². The maximum atomic E-state index is 12.7. The summed E-state index contributed by atoms with van der Waals surface area (Å²) in [6, 6.07) is 11.5. The summed E-state index contributed by atoms with van der Waals surface area (Å²) in [5.74, 6) is -0.519. The molecule has 0 bridgehead atoms. The molecule has 1 heterocycles. The van der Waals surface area contributed by atoms with E-state index in [1.165, 1.54) is 35.2 Å². The molecule has 0 aliphatic heterocycles. The average molecular weight is 411 g/mol. The molecule has 5 nitrogen and oxygen atoms in total. The van der Waals surface area contributed by atoms with Crippen LogP contribution in [-0.4, -0.2) is 22.7 Å². The van der Waals surface area contributed by atoms with Crippen molar-refractivity contribution >= 4 is 34.7 Å². The van der Waals surface area contributed by atoms with Crippen LogP contribution in [0, 0.1) is 0 Å². The Morgan fingerprint density at radius 2 is 2.00 bits per heavy atom. The molecule has 0 saturated carbocycles. The van der Waals surface area contributed by atoms with Gasteiger partial charge in [-0.1, -0.05) is 41.3 Å². The molecule has 0 spiro atoms. The maximum Gasteiger partial charge on any atom is 0.416 e. The fourth-order valence-corrected chi connectivity index (χ4v) is 3.58. The molecule has 3 rings (SSSR count). The van der Waals surface area contributed by atoms with Gasteiger partial charge >= 0.3 is 6.18 Å². The fourth-order valence-electron chi connectivity index (χ4n) is 2.06. The number of nitrogens with zero attached hydrogens (tertiary/aromatic N) is 2. The molecule has 0 aliphatic rings. The lowest BCUT2D eigenvalue weighted by Gasteiger charge is -2.12. The molecule has 140 valence electrons. The van der Waals surface area contributed by atoms with Gasteiger partial charge in [0.2, 0.25) is 0 Å². The van der Waals surface area contributed by atoms with Gasteiger partial charge in [0, 0.05) is 4.90 Å². The SMILES string of the molecule is O=C(COc1cccc(C(F)(F)F)c1)Nc1ccccc1Sc1nncs1. The Hall–Kier alpha value is -2.59. The minimum Gasteiger partial charge on any atom is -0.484 e. The Kier molecular flexibility index (Phi) is 5.97. The number of rotatable bonds is 6. The highest BCUT2D eigenvalue weighted by molar-refractivity contribution is 8.01. The molecular weight excluding hydrogens is 399 g/mol. The molecule has 1 N–H and O–H groups in total. The summed E-state index contributed by atoms with van der Waals surface area (Å²) in [6.45, 7) is -0.418. The molecule has 10 heteroatoms. The van der Waals surface area contributed by atoms with Crippen LogP contribution in [0.3, 0.4) is 0 Å². The monoisotopic (exact) mass is 411 g/mol. The van der Waals surface area contributed by atoms with Crippen molar-refractivity contribution in [2.75, 3.05) is 11.9 Å². The molecule has 27 heavy (non-hydrogen) atoms. The van der Waals surface area contributed by atoms with Crippen LogP contribution in [0.25, 0.3) is 0 Å². The highest BCUT2D eigenvalue weighted by Gasteiger charge is 2.30. The van der Waals surface area contributed by atoms with E-state index in [1.807, 2.05) is 12.1 Å². The largest absolute Gasteiger partial charge is 0.484 e. The van der Waals surface area contributed by atoms with Gasteiger partial charge in [-0.15, -0.1) is 10.2 Å². The minimum atomic E-state index is -4.47. The number of aromatic nitrogens is 2. The van der Waals surface area contributed by atoms with Crippen molar-refractivity contribution in [3.8, 4) is 5.75 Å². The van der Waals surface area contributed by atoms with Crippen LogP contribution < -0.4 is 10.1 Å². The lowest BCUT2D eigenvalue weighted by atomic mass is 10.2. The lowest BCUT2D eigenvalue weighted by molar-refractivity contribution is -0.137. The van der Waals surface area contributed by atoms with Crippen molar-refractivity contribution in [3.05, 3.63) is 59.6 Å². The van der Waals surface area contributed by atoms with E-state index in [4.69, 9.17) is 4.74 Å². The first-order valence-electron chi connectivity index (χ1n) is 7.55. The van der Waals surface area contributed by atoms with E-state index in [0.29, 0.717) is 5.69 Å². The van der Waals surface area contributed by atoms with Gasteiger partial charge in [-0.25, -0.2) is 0 Å². The van der Waals surface area contributed by atoms with Gasteiger partial charge in [0.25, 0.3) is 5.91 Å². The second kappa shape index (κ2) is 8.40. The number of anilines is 1. The van der Waals surface area contributed by atoms with Gasteiger partial charge in [-0.3, -0.25) is 4.79 Å². The molecule has 1 aromatic heterocycles. The third-order valence-corrected chi connectivity index (χ3v) is 5.08. The number of carbonyl (C=O) groups excluding carboxylic acids is 1. The number of hydrogen-bond acceptors (Lipinski definition) is 6. The van der Waals surface area contributed by atoms with Crippen molar-refractivity contribution in [2.45, 2.75) is 15.4 Å². The molecule has 2 aromatic carbocycles. The van der Waals surface area contributed by atoms with Gasteiger partial charge in [0.05, 0.1) is 11.3 Å². The van der Waals surface area contributed by atoms with Crippen LogP contribution in [0.1, 0.15) is 5.56 Å². The first-order chi connectivity index (χ1) is 12.9. The molecule has 0 saturated heterocycles. The first kappa shape index (κ1) is 19.2. The second-order valence-corrected chi connectivity index (χ2v) is 7.29. The molecule has 0 atom stereocenters. The van der Waals surface area contributed by atoms with Gasteiger partial charge in [-0.2, -0.15) is 13.2 Å². The predicted octanol–water partition coefficient (Wildman–Crippen LogP) is 4.73. The predicted molar refractivity (Wildman–Crippen MR) is 96.0 cm³/mol. The molecular formula is C17H12F3N3O2S2. The van der Waals surface area contributed by atoms with Crippen LogP contribution in [-0.2, 0) is 11.0 Å². The Labute approximate surface area is 160 Å². The lowest BCUT2D eigenvalue weighted by Crippen LogP contribution is -2.20. The third kappa shape index (κ3) is 5.44. The van der Waals surface area contributed by atoms with E-state index in [-0.39, 0.29) is 5.75 Å². The average Bonchev–Trinajstić information content (AvgIpc) is 3.14. The summed E-state index contributed by atoms with van der Waals surface area (Å²) in [6.07, 6.45) is -4.47. The van der Waals surface area contributed by atoms with Gasteiger partial charge in [-0.05, 0) is 30.3 Å². The molecule has 1 amide bonds. The van der Waals surface area contributed by atoms with Crippen LogP contribution in [0.2, 0.25) is 0 Å². The van der Waals surface area contributed by atoms with Crippen LogP contribution in [0.15, 0.2) is 63.3 Å². The molecule has 0 radical (unpaired) electrons. The summed E-state index contributed by atoms with van der Waals surface area (Å²) < 4.78 is 44.0. The number of hydrogen-bond donors (Lipinski definition) is 1. The summed E-state index contributed by atoms with van der Waals surface area (Å²) >= 11 is 2.71. The van der Waals surface area contributed by atoms with E-state index < -0.39 is 24.3 Å². The number of nitrogens with one attached hydrogen (secondary N) is 1. The fraction of sp³-hybridized carbons (Fsp3) is 0.118. The quantitative estimate of drug-likeness (QED) is 0.636. The van der Waals surface area contributed by atoms with E-state index in [1.54, 1.807) is 17.6 Å². The van der Waals surface area contributed by atoms with Crippen LogP contribution in [0.5, 0.6) is 5.75 Å². The molecule has 0 aliphatic carbocycles. The number of halogens is 3. The zero-order chi connectivity index (χ0) is 19.3. The van der Waals surface area contributed by atoms with Gasteiger partial charge < -0.3 is 10.1 Å². The smallest absolute Gasteiger partial charge is 0.416 e. The summed E-state index contributed by atoms with van der Waals surface area (Å²) in [5, 5.41) is 10.4. The first-order valence-corrected chi connectivity index (χ1v) is 9.24. The second-order valence-electron chi connectivity index (χ2n) is 5.17. The summed E-state index contributed by atoms with van der Waals surface area (Å²) in [5.41, 5.74) is 1.32. The van der Waals surface area contributed by atoms with E-state index in [2.05, 4.69) is 15.5 Å². The third-order valence-electron chi connectivity index (χ3n) is 3.23. The van der Waals surface area contributed by atoms with E-state index in [9.17, 15) is 18.0 Å². The van der Waals surface area contributed by atoms with E-state index in [0.717, 1.165) is 21.4 Å². The maximum absolute atomic E-state index is 12.7. The summed E-state index contributed by atoms with van der Waals surface area (Å²) in [7, 11) is 0. The number of alkyl halides is 3. The Balaban J connectivity index is 1.62. The number of para-hydroxylation sites is 1. The van der Waals surface area contributed by atoms with Crippen molar-refractivity contribution in [1.29, 1.82) is 0 Å². The topological polar surface area (TPSA) is 64.1 Å². The van der Waals surface area contributed by atoms with Crippen molar-refractivity contribution in [3.63, 3.8) is 0 Å². The zero-order valence-electron chi connectivity index (χ0n) is 13.6. The molecule has 0 fully saturated rings. The normalized spacial score (nSPS) is 11.2. The number of benzene rings is 2. The highest BCUT2D eigenvalue weighted by Crippen LogP contribution is 2.34. The minimum absolute atomic E-state index is 0.0310. The van der Waals surface area contributed by atoms with Crippen molar-refractivity contribution in [1.82, 2.24) is 10.2 Å². The zero-order valence-corrected chi connectivity index (χ0v) is 15.2. The molecule has 0 unspecified atom stereocenters. The molecule has 3 aromatic rings. The Morgan fingerprint density at radius 3 is 2.74 bits per heavy atom. The number of carbonyl (C=O) groups is 1. The van der Waals surface area contributed by atoms with Crippen molar-refractivity contribution in [2.24, 2.45) is 0 Å². The number of ether oxygens (including phenoxy) is 1. The highest BCUT2D eigenvalue weighted by atomic mass is 32.2. The van der Waals surface area contributed by atoms with Crippen LogP contribution in [0.4, 0.5) is 18.9 Å².